The number of hydrogen-bond acceptors (Lipinski definition) is 6. The zero-order chi connectivity index (χ0) is 26.4. The van der Waals surface area contributed by atoms with E-state index in [1.807, 2.05) is 38.1 Å². The van der Waals surface area contributed by atoms with Gasteiger partial charge in [0.25, 0.3) is 5.69 Å². The third kappa shape index (κ3) is 6.06. The number of non-ortho nitro benzene ring substituents is 1. The van der Waals surface area contributed by atoms with Crippen molar-refractivity contribution in [1.29, 1.82) is 0 Å². The summed E-state index contributed by atoms with van der Waals surface area (Å²) in [5.74, 6) is 0.183. The van der Waals surface area contributed by atoms with Gasteiger partial charge in [-0.2, -0.15) is 0 Å². The predicted molar refractivity (Wildman–Crippen MR) is 139 cm³/mol. The molecule has 0 radical (unpaired) electrons. The Morgan fingerprint density at radius 2 is 1.54 bits per heavy atom. The maximum atomic E-state index is 12.7. The van der Waals surface area contributed by atoms with Crippen LogP contribution in [0.15, 0.2) is 72.8 Å². The first-order valence-electron chi connectivity index (χ1n) is 12.2. The first-order chi connectivity index (χ1) is 17.9. The number of hydrogen-bond donors (Lipinski definition) is 2. The average Bonchev–Trinajstić information content (AvgIpc) is 3.23. The van der Waals surface area contributed by atoms with Gasteiger partial charge in [-0.1, -0.05) is 68.8 Å². The number of nitrogens with zero attached hydrogens (tertiary/aromatic N) is 1. The van der Waals surface area contributed by atoms with Crippen LogP contribution in [0.2, 0.25) is 0 Å². The molecule has 0 aliphatic heterocycles. The number of carbonyl (C=O) groups is 2. The molecule has 37 heavy (non-hydrogen) atoms. The van der Waals surface area contributed by atoms with Gasteiger partial charge in [0.05, 0.1) is 11.0 Å². The molecule has 3 aromatic carbocycles. The highest BCUT2D eigenvalue weighted by atomic mass is 16.6. The van der Waals surface area contributed by atoms with E-state index in [1.54, 1.807) is 0 Å². The molecular formula is C28H29N3O6. The summed E-state index contributed by atoms with van der Waals surface area (Å²) in [6, 6.07) is 21.1. The molecule has 0 saturated carbocycles. The molecule has 2 amide bonds. The summed E-state index contributed by atoms with van der Waals surface area (Å²) in [4.78, 5) is 35.2. The van der Waals surface area contributed by atoms with Crippen LogP contribution in [0.3, 0.4) is 0 Å². The fraction of sp³-hybridized carbons (Fsp3) is 0.286. The van der Waals surface area contributed by atoms with Gasteiger partial charge in [-0.05, 0) is 40.3 Å². The number of nitrogens with one attached hydrogen (secondary N) is 2. The van der Waals surface area contributed by atoms with Gasteiger partial charge in [0.2, 0.25) is 0 Å². The minimum absolute atomic E-state index is 0.0463. The zero-order valence-electron chi connectivity index (χ0n) is 20.7. The standard InChI is InChI=1S/C28H29N3O6/c1-3-18(2)26(16-29-27(32)37-20-14-12-19(13-15-20)31(34)35)30-28(33)36-17-25-23-10-6-4-8-21(23)22-9-5-7-11-24(22)25/h4-15,18,25-26H,3,16-17H2,1-2H3,(H,29,32)(H,30,33)/t18-,26+/m0/s1. The Morgan fingerprint density at radius 3 is 2.11 bits per heavy atom. The van der Waals surface area contributed by atoms with Gasteiger partial charge in [-0.25, -0.2) is 9.59 Å². The van der Waals surface area contributed by atoms with Crippen molar-refractivity contribution < 1.29 is 24.0 Å². The molecule has 0 spiro atoms. The van der Waals surface area contributed by atoms with Crippen molar-refractivity contribution in [3.05, 3.63) is 94.0 Å². The van der Waals surface area contributed by atoms with Crippen LogP contribution >= 0.6 is 0 Å². The van der Waals surface area contributed by atoms with Gasteiger partial charge >= 0.3 is 12.2 Å². The first-order valence-corrected chi connectivity index (χ1v) is 12.2. The summed E-state index contributed by atoms with van der Waals surface area (Å²) in [5, 5.41) is 16.3. The number of amides is 2. The molecule has 9 heteroatoms. The number of alkyl carbamates (subject to hydrolysis) is 1. The zero-order valence-corrected chi connectivity index (χ0v) is 20.7. The molecule has 4 rings (SSSR count). The second kappa shape index (κ2) is 11.6. The van der Waals surface area contributed by atoms with E-state index in [1.165, 1.54) is 24.3 Å². The van der Waals surface area contributed by atoms with Gasteiger partial charge in [0, 0.05) is 24.6 Å². The fourth-order valence-electron chi connectivity index (χ4n) is 4.44. The summed E-state index contributed by atoms with van der Waals surface area (Å²) in [5.41, 5.74) is 4.47. The third-order valence-corrected chi connectivity index (χ3v) is 6.70. The summed E-state index contributed by atoms with van der Waals surface area (Å²) in [7, 11) is 0. The second-order valence-electron chi connectivity index (χ2n) is 8.98. The van der Waals surface area contributed by atoms with Crippen LogP contribution in [-0.4, -0.2) is 36.3 Å². The van der Waals surface area contributed by atoms with E-state index in [9.17, 15) is 19.7 Å². The number of nitro benzene ring substituents is 1. The Kier molecular flexibility index (Phi) is 8.02. The Hall–Kier alpha value is -4.40. The first kappa shape index (κ1) is 25.7. The number of nitro groups is 1. The number of carbonyl (C=O) groups excluding carboxylic acids is 2. The molecule has 192 valence electrons. The summed E-state index contributed by atoms with van der Waals surface area (Å²) in [6.45, 7) is 4.29. The summed E-state index contributed by atoms with van der Waals surface area (Å²) < 4.78 is 10.8. The molecule has 0 unspecified atom stereocenters. The topological polar surface area (TPSA) is 120 Å². The Labute approximate surface area is 214 Å². The molecule has 3 aromatic rings. The van der Waals surface area contributed by atoms with Crippen LogP contribution in [0.25, 0.3) is 11.1 Å². The molecule has 0 aromatic heterocycles. The molecule has 9 nitrogen and oxygen atoms in total. The third-order valence-electron chi connectivity index (χ3n) is 6.70. The SMILES string of the molecule is CC[C@H](C)[C@@H](CNC(=O)Oc1ccc([N+](=O)[O-])cc1)NC(=O)OCC1c2ccccc2-c2ccccc21. The molecule has 1 aliphatic rings. The van der Waals surface area contributed by atoms with Crippen molar-refractivity contribution in [3.8, 4) is 16.9 Å². The van der Waals surface area contributed by atoms with E-state index in [2.05, 4.69) is 34.9 Å². The van der Waals surface area contributed by atoms with Crippen LogP contribution in [0.5, 0.6) is 5.75 Å². The molecule has 2 N–H and O–H groups in total. The summed E-state index contributed by atoms with van der Waals surface area (Å²) in [6.07, 6.45) is -0.512. The molecule has 0 heterocycles. The van der Waals surface area contributed by atoms with E-state index < -0.39 is 17.1 Å². The van der Waals surface area contributed by atoms with Gasteiger partial charge in [0.15, 0.2) is 0 Å². The highest BCUT2D eigenvalue weighted by molar-refractivity contribution is 5.79. The average molecular weight is 504 g/mol. The van der Waals surface area contributed by atoms with Crippen LogP contribution < -0.4 is 15.4 Å². The maximum Gasteiger partial charge on any atom is 0.412 e. The minimum Gasteiger partial charge on any atom is -0.449 e. The summed E-state index contributed by atoms with van der Waals surface area (Å²) >= 11 is 0. The van der Waals surface area contributed by atoms with E-state index in [4.69, 9.17) is 9.47 Å². The molecule has 2 atom stereocenters. The number of rotatable bonds is 9. The monoisotopic (exact) mass is 503 g/mol. The van der Waals surface area contributed by atoms with Crippen molar-refractivity contribution in [3.63, 3.8) is 0 Å². The van der Waals surface area contributed by atoms with Crippen molar-refractivity contribution >= 4 is 17.9 Å². The molecule has 0 bridgehead atoms. The van der Waals surface area contributed by atoms with E-state index in [0.29, 0.717) is 0 Å². The molecule has 0 fully saturated rings. The van der Waals surface area contributed by atoms with Crippen LogP contribution in [0.4, 0.5) is 15.3 Å². The number of benzene rings is 3. The normalized spacial score (nSPS) is 13.6. The Bertz CT molecular complexity index is 1230. The molecule has 0 saturated heterocycles. The molecule has 1 aliphatic carbocycles. The smallest absolute Gasteiger partial charge is 0.412 e. The molecular weight excluding hydrogens is 474 g/mol. The lowest BCUT2D eigenvalue weighted by Gasteiger charge is -2.24. The van der Waals surface area contributed by atoms with Gasteiger partial charge in [-0.15, -0.1) is 0 Å². The highest BCUT2D eigenvalue weighted by Gasteiger charge is 2.29. The lowest BCUT2D eigenvalue weighted by molar-refractivity contribution is -0.384. The highest BCUT2D eigenvalue weighted by Crippen LogP contribution is 2.44. The Morgan fingerprint density at radius 1 is 0.946 bits per heavy atom. The van der Waals surface area contributed by atoms with Gasteiger partial charge in [-0.3, -0.25) is 10.1 Å². The van der Waals surface area contributed by atoms with Crippen molar-refractivity contribution in [2.24, 2.45) is 5.92 Å². The lowest BCUT2D eigenvalue weighted by Crippen LogP contribution is -2.48. The van der Waals surface area contributed by atoms with Crippen molar-refractivity contribution in [2.45, 2.75) is 32.2 Å². The van der Waals surface area contributed by atoms with Crippen molar-refractivity contribution in [1.82, 2.24) is 10.6 Å². The van der Waals surface area contributed by atoms with E-state index in [-0.39, 0.29) is 42.5 Å². The second-order valence-corrected chi connectivity index (χ2v) is 8.98. The van der Waals surface area contributed by atoms with E-state index in [0.717, 1.165) is 28.7 Å². The van der Waals surface area contributed by atoms with Crippen molar-refractivity contribution in [2.75, 3.05) is 13.2 Å². The van der Waals surface area contributed by atoms with Crippen LogP contribution in [0.1, 0.15) is 37.3 Å². The lowest BCUT2D eigenvalue weighted by atomic mass is 9.98. The fourth-order valence-corrected chi connectivity index (χ4v) is 4.44. The minimum atomic E-state index is -0.725. The van der Waals surface area contributed by atoms with E-state index >= 15 is 0 Å². The Balaban J connectivity index is 1.32. The number of fused-ring (bicyclic) bond motifs is 3. The van der Waals surface area contributed by atoms with Gasteiger partial charge < -0.3 is 20.1 Å². The maximum absolute atomic E-state index is 12.7. The quantitative estimate of drug-likeness (QED) is 0.288. The largest absolute Gasteiger partial charge is 0.449 e. The number of ether oxygens (including phenoxy) is 2. The van der Waals surface area contributed by atoms with Crippen LogP contribution in [-0.2, 0) is 4.74 Å². The predicted octanol–water partition coefficient (Wildman–Crippen LogP) is 5.64. The van der Waals surface area contributed by atoms with Crippen LogP contribution in [0, 0.1) is 16.0 Å². The van der Waals surface area contributed by atoms with Gasteiger partial charge in [0.1, 0.15) is 12.4 Å².